The zero-order valence-corrected chi connectivity index (χ0v) is 6.81. The van der Waals surface area contributed by atoms with E-state index in [2.05, 4.69) is 9.68 Å². The molecular formula is C6H9NO6. The van der Waals surface area contributed by atoms with E-state index >= 15 is 0 Å². The lowest BCUT2D eigenvalue weighted by Crippen LogP contribution is -2.52. The van der Waals surface area contributed by atoms with Crippen molar-refractivity contribution in [2.45, 2.75) is 25.0 Å². The van der Waals surface area contributed by atoms with Crippen LogP contribution in [0.4, 0.5) is 0 Å². The van der Waals surface area contributed by atoms with Crippen LogP contribution in [0.15, 0.2) is 0 Å². The SMILES string of the molecule is CCC1(O)C(=O)ONOC(=O)C1O. The summed E-state index contributed by atoms with van der Waals surface area (Å²) in [4.78, 5) is 30.0. The van der Waals surface area contributed by atoms with Crippen LogP contribution in [0.1, 0.15) is 13.3 Å². The average molecular weight is 191 g/mol. The highest BCUT2D eigenvalue weighted by Crippen LogP contribution is 2.19. The zero-order valence-electron chi connectivity index (χ0n) is 6.81. The van der Waals surface area contributed by atoms with Gasteiger partial charge in [-0.3, -0.25) is 0 Å². The maximum Gasteiger partial charge on any atom is 0.363 e. The van der Waals surface area contributed by atoms with E-state index in [1.807, 2.05) is 0 Å². The quantitative estimate of drug-likeness (QED) is 0.440. The lowest BCUT2D eigenvalue weighted by Gasteiger charge is -2.22. The summed E-state index contributed by atoms with van der Waals surface area (Å²) >= 11 is 0. The van der Waals surface area contributed by atoms with Crippen LogP contribution in [-0.2, 0) is 19.3 Å². The molecule has 1 aliphatic rings. The van der Waals surface area contributed by atoms with Gasteiger partial charge in [0.25, 0.3) is 0 Å². The minimum atomic E-state index is -2.25. The number of nitrogens with one attached hydrogen (secondary N) is 1. The molecule has 13 heavy (non-hydrogen) atoms. The highest BCUT2D eigenvalue weighted by molar-refractivity contribution is 5.89. The van der Waals surface area contributed by atoms with Gasteiger partial charge in [0, 0.05) is 5.64 Å². The van der Waals surface area contributed by atoms with Gasteiger partial charge in [0.15, 0.2) is 6.10 Å². The summed E-state index contributed by atoms with van der Waals surface area (Å²) in [6, 6.07) is 0. The third kappa shape index (κ3) is 1.48. The van der Waals surface area contributed by atoms with E-state index in [1.54, 1.807) is 5.64 Å². The third-order valence-electron chi connectivity index (χ3n) is 1.84. The van der Waals surface area contributed by atoms with Crippen LogP contribution >= 0.6 is 0 Å². The minimum Gasteiger partial charge on any atom is -0.378 e. The summed E-state index contributed by atoms with van der Waals surface area (Å²) in [5, 5.41) is 18.7. The van der Waals surface area contributed by atoms with Crippen LogP contribution in [0.25, 0.3) is 0 Å². The number of aliphatic hydroxyl groups excluding tert-OH is 1. The van der Waals surface area contributed by atoms with E-state index < -0.39 is 23.6 Å². The van der Waals surface area contributed by atoms with Gasteiger partial charge in [-0.05, 0) is 6.42 Å². The number of rotatable bonds is 1. The van der Waals surface area contributed by atoms with Crippen molar-refractivity contribution in [3.05, 3.63) is 0 Å². The molecule has 1 heterocycles. The van der Waals surface area contributed by atoms with Gasteiger partial charge in [-0.1, -0.05) is 6.92 Å². The Morgan fingerprint density at radius 2 is 2.15 bits per heavy atom. The molecule has 0 spiro atoms. The fraction of sp³-hybridized carbons (Fsp3) is 0.667. The lowest BCUT2D eigenvalue weighted by molar-refractivity contribution is -0.196. The van der Waals surface area contributed by atoms with Gasteiger partial charge in [-0.25, -0.2) is 9.59 Å². The highest BCUT2D eigenvalue weighted by Gasteiger charge is 2.50. The van der Waals surface area contributed by atoms with Crippen LogP contribution in [0.2, 0.25) is 0 Å². The molecule has 0 radical (unpaired) electrons. The Balaban J connectivity index is 2.98. The standard InChI is InChI=1S/C6H9NO6/c1-2-6(11)3(8)4(9)12-7-13-5(6)10/h3,7-8,11H,2H2,1H3. The molecule has 0 saturated carbocycles. The summed E-state index contributed by atoms with van der Waals surface area (Å²) < 4.78 is 0. The molecule has 1 fully saturated rings. The van der Waals surface area contributed by atoms with E-state index in [0.29, 0.717) is 0 Å². The van der Waals surface area contributed by atoms with Crippen LogP contribution < -0.4 is 5.64 Å². The van der Waals surface area contributed by atoms with Crippen molar-refractivity contribution >= 4 is 11.9 Å². The molecule has 1 aliphatic heterocycles. The molecule has 1 saturated heterocycles. The smallest absolute Gasteiger partial charge is 0.363 e. The number of hydrogen-bond donors (Lipinski definition) is 3. The fourth-order valence-corrected chi connectivity index (χ4v) is 0.888. The fourth-order valence-electron chi connectivity index (χ4n) is 0.888. The third-order valence-corrected chi connectivity index (χ3v) is 1.84. The first-order chi connectivity index (χ1) is 6.02. The van der Waals surface area contributed by atoms with Gasteiger partial charge in [0.05, 0.1) is 0 Å². The van der Waals surface area contributed by atoms with Crippen molar-refractivity contribution in [1.29, 1.82) is 0 Å². The molecule has 0 aliphatic carbocycles. The van der Waals surface area contributed by atoms with Gasteiger partial charge >= 0.3 is 11.9 Å². The summed E-state index contributed by atoms with van der Waals surface area (Å²) in [5.74, 6) is -2.33. The van der Waals surface area contributed by atoms with Gasteiger partial charge in [-0.2, -0.15) is 0 Å². The van der Waals surface area contributed by atoms with Crippen molar-refractivity contribution in [2.24, 2.45) is 0 Å². The van der Waals surface area contributed by atoms with Gasteiger partial charge < -0.3 is 19.9 Å². The van der Waals surface area contributed by atoms with Crippen LogP contribution in [0.3, 0.4) is 0 Å². The van der Waals surface area contributed by atoms with Crippen molar-refractivity contribution < 1.29 is 29.5 Å². The first-order valence-corrected chi connectivity index (χ1v) is 3.59. The van der Waals surface area contributed by atoms with E-state index in [4.69, 9.17) is 0 Å². The van der Waals surface area contributed by atoms with Crippen molar-refractivity contribution in [1.82, 2.24) is 5.64 Å². The molecule has 7 nitrogen and oxygen atoms in total. The Hall–Kier alpha value is -1.18. The van der Waals surface area contributed by atoms with E-state index in [0.717, 1.165) is 0 Å². The molecule has 3 N–H and O–H groups in total. The molecule has 74 valence electrons. The van der Waals surface area contributed by atoms with Gasteiger partial charge in [0.1, 0.15) is 0 Å². The van der Waals surface area contributed by atoms with Crippen LogP contribution in [0, 0.1) is 0 Å². The highest BCUT2D eigenvalue weighted by atomic mass is 16.9. The van der Waals surface area contributed by atoms with E-state index in [1.165, 1.54) is 6.92 Å². The van der Waals surface area contributed by atoms with Crippen molar-refractivity contribution in [3.8, 4) is 0 Å². The average Bonchev–Trinajstić information content (AvgIpc) is 2.21. The normalized spacial score (nSPS) is 34.8. The molecule has 0 bridgehead atoms. The largest absolute Gasteiger partial charge is 0.378 e. The minimum absolute atomic E-state index is 0.163. The Kier molecular flexibility index (Phi) is 2.50. The maximum atomic E-state index is 11.0. The lowest BCUT2D eigenvalue weighted by atomic mass is 9.94. The Morgan fingerprint density at radius 1 is 1.54 bits per heavy atom. The van der Waals surface area contributed by atoms with Crippen LogP contribution in [-0.4, -0.2) is 33.9 Å². The molecule has 0 aromatic rings. The Morgan fingerprint density at radius 3 is 2.69 bits per heavy atom. The second-order valence-corrected chi connectivity index (χ2v) is 2.57. The molecule has 0 amide bonds. The van der Waals surface area contributed by atoms with E-state index in [-0.39, 0.29) is 6.42 Å². The maximum absolute atomic E-state index is 11.0. The number of aliphatic hydroxyl groups is 2. The Labute approximate surface area is 73.2 Å². The van der Waals surface area contributed by atoms with Gasteiger partial charge in [-0.15, -0.1) is 0 Å². The number of carbonyl (C=O) groups is 2. The molecular weight excluding hydrogens is 182 g/mol. The van der Waals surface area contributed by atoms with Gasteiger partial charge in [0.2, 0.25) is 5.60 Å². The molecule has 0 aromatic heterocycles. The monoisotopic (exact) mass is 191 g/mol. The summed E-state index contributed by atoms with van der Waals surface area (Å²) in [7, 11) is 0. The summed E-state index contributed by atoms with van der Waals surface area (Å²) in [6.07, 6.45) is -2.11. The number of carbonyl (C=O) groups excluding carboxylic acids is 2. The predicted octanol–water partition coefficient (Wildman–Crippen LogP) is -1.99. The predicted molar refractivity (Wildman–Crippen MR) is 36.6 cm³/mol. The molecule has 2 unspecified atom stereocenters. The second kappa shape index (κ2) is 3.29. The van der Waals surface area contributed by atoms with Crippen molar-refractivity contribution in [3.63, 3.8) is 0 Å². The van der Waals surface area contributed by atoms with E-state index in [9.17, 15) is 19.8 Å². The van der Waals surface area contributed by atoms with Crippen LogP contribution in [0.5, 0.6) is 0 Å². The zero-order chi connectivity index (χ0) is 10.1. The Bertz CT molecular complexity index is 241. The topological polar surface area (TPSA) is 105 Å². The van der Waals surface area contributed by atoms with Crippen molar-refractivity contribution in [2.75, 3.05) is 0 Å². The molecule has 0 aromatic carbocycles. The molecule has 2 atom stereocenters. The molecule has 7 heteroatoms. The number of hydrogen-bond acceptors (Lipinski definition) is 7. The first-order valence-electron chi connectivity index (χ1n) is 3.59. The first kappa shape index (κ1) is 9.90. The molecule has 1 rings (SSSR count). The second-order valence-electron chi connectivity index (χ2n) is 2.57. The summed E-state index contributed by atoms with van der Waals surface area (Å²) in [5.41, 5.74) is -0.702. The summed E-state index contributed by atoms with van der Waals surface area (Å²) in [6.45, 7) is 1.42.